The van der Waals surface area contributed by atoms with Gasteiger partial charge in [-0.25, -0.2) is 4.79 Å². The van der Waals surface area contributed by atoms with E-state index in [4.69, 9.17) is 9.84 Å². The van der Waals surface area contributed by atoms with Crippen molar-refractivity contribution in [2.75, 3.05) is 32.1 Å². The van der Waals surface area contributed by atoms with E-state index in [2.05, 4.69) is 0 Å². The molecule has 2 rings (SSSR count). The molecule has 1 aromatic carbocycles. The second-order valence-electron chi connectivity index (χ2n) is 4.81. The minimum absolute atomic E-state index is 0.182. The molecule has 1 unspecified atom stereocenters. The topological polar surface area (TPSA) is 70.1 Å². The van der Waals surface area contributed by atoms with Gasteiger partial charge >= 0.3 is 12.0 Å². The van der Waals surface area contributed by atoms with Crippen LogP contribution in [0.4, 0.5) is 10.5 Å². The van der Waals surface area contributed by atoms with Crippen LogP contribution in [0.2, 0.25) is 0 Å². The summed E-state index contributed by atoms with van der Waals surface area (Å²) in [5.74, 6) is -0.572. The van der Waals surface area contributed by atoms with Gasteiger partial charge in [-0.3, -0.25) is 9.69 Å². The molecule has 0 spiro atoms. The zero-order valence-corrected chi connectivity index (χ0v) is 11.6. The first-order chi connectivity index (χ1) is 9.52. The number of likely N-dealkylation sites (tertiary alicyclic amines) is 1. The zero-order chi connectivity index (χ0) is 14.7. The van der Waals surface area contributed by atoms with Crippen LogP contribution in [0.25, 0.3) is 0 Å². The highest BCUT2D eigenvalue weighted by Crippen LogP contribution is 2.22. The van der Waals surface area contributed by atoms with E-state index in [0.29, 0.717) is 13.0 Å². The van der Waals surface area contributed by atoms with Crippen LogP contribution < -0.4 is 9.64 Å². The van der Waals surface area contributed by atoms with Gasteiger partial charge in [0.25, 0.3) is 0 Å². The molecule has 0 bridgehead atoms. The molecule has 20 heavy (non-hydrogen) atoms. The molecular formula is C14H18N2O4. The molecule has 1 atom stereocenters. The summed E-state index contributed by atoms with van der Waals surface area (Å²) in [6.45, 7) is 0.755. The summed E-state index contributed by atoms with van der Waals surface area (Å²) in [7, 11) is 3.26. The predicted molar refractivity (Wildman–Crippen MR) is 74.1 cm³/mol. The van der Waals surface area contributed by atoms with Crippen molar-refractivity contribution in [2.45, 2.75) is 6.42 Å². The standard InChI is InChI=1S/C14H18N2O4/c1-15(11-3-5-12(20-2)6-4-11)14(19)16-8-7-10(9-16)13(17)18/h3-6,10H,7-9H2,1-2H3,(H,17,18). The minimum Gasteiger partial charge on any atom is -0.497 e. The second kappa shape index (κ2) is 5.81. The number of benzene rings is 1. The van der Waals surface area contributed by atoms with Crippen LogP contribution in [0.15, 0.2) is 24.3 Å². The monoisotopic (exact) mass is 278 g/mol. The van der Waals surface area contributed by atoms with Crippen molar-refractivity contribution in [2.24, 2.45) is 5.92 Å². The lowest BCUT2D eigenvalue weighted by Crippen LogP contribution is -2.40. The fourth-order valence-corrected chi connectivity index (χ4v) is 2.26. The first kappa shape index (κ1) is 14.2. The van der Waals surface area contributed by atoms with Gasteiger partial charge in [0, 0.05) is 25.8 Å². The number of amides is 2. The third-order valence-corrected chi connectivity index (χ3v) is 3.55. The SMILES string of the molecule is COc1ccc(N(C)C(=O)N2CCC(C(=O)O)C2)cc1. The Balaban J connectivity index is 2.03. The summed E-state index contributed by atoms with van der Waals surface area (Å²) in [6.07, 6.45) is 0.511. The summed E-state index contributed by atoms with van der Waals surface area (Å²) in [4.78, 5) is 26.3. The summed E-state index contributed by atoms with van der Waals surface area (Å²) < 4.78 is 5.07. The molecule has 0 aliphatic carbocycles. The summed E-state index contributed by atoms with van der Waals surface area (Å²) in [5, 5.41) is 8.96. The number of hydrogen-bond donors (Lipinski definition) is 1. The van der Waals surface area contributed by atoms with Crippen LogP contribution >= 0.6 is 0 Å². The number of nitrogens with zero attached hydrogens (tertiary/aromatic N) is 2. The lowest BCUT2D eigenvalue weighted by Gasteiger charge is -2.24. The Hall–Kier alpha value is -2.24. The van der Waals surface area contributed by atoms with E-state index in [1.165, 1.54) is 4.90 Å². The van der Waals surface area contributed by atoms with Gasteiger partial charge in [-0.05, 0) is 30.7 Å². The molecule has 1 fully saturated rings. The molecule has 1 N–H and O–H groups in total. The van der Waals surface area contributed by atoms with E-state index in [0.717, 1.165) is 11.4 Å². The van der Waals surface area contributed by atoms with E-state index in [-0.39, 0.29) is 12.6 Å². The molecule has 108 valence electrons. The third-order valence-electron chi connectivity index (χ3n) is 3.55. The fourth-order valence-electron chi connectivity index (χ4n) is 2.26. The predicted octanol–water partition coefficient (Wildman–Crippen LogP) is 1.66. The largest absolute Gasteiger partial charge is 0.497 e. The molecule has 1 aliphatic heterocycles. The Morgan fingerprint density at radius 2 is 2.00 bits per heavy atom. The first-order valence-electron chi connectivity index (χ1n) is 6.42. The lowest BCUT2D eigenvalue weighted by atomic mass is 10.1. The van der Waals surface area contributed by atoms with Gasteiger partial charge in [-0.15, -0.1) is 0 Å². The van der Waals surface area contributed by atoms with Crippen LogP contribution in [0.1, 0.15) is 6.42 Å². The fraction of sp³-hybridized carbons (Fsp3) is 0.429. The van der Waals surface area contributed by atoms with Gasteiger partial charge in [0.15, 0.2) is 0 Å². The molecule has 1 heterocycles. The number of ether oxygens (including phenoxy) is 1. The maximum absolute atomic E-state index is 12.3. The van der Waals surface area contributed by atoms with Crippen LogP contribution in [0, 0.1) is 5.92 Å². The van der Waals surface area contributed by atoms with Gasteiger partial charge in [0.2, 0.25) is 0 Å². The van der Waals surface area contributed by atoms with E-state index in [9.17, 15) is 9.59 Å². The number of carboxylic acid groups (broad SMARTS) is 1. The van der Waals surface area contributed by atoms with E-state index >= 15 is 0 Å². The summed E-state index contributed by atoms with van der Waals surface area (Å²) >= 11 is 0. The molecule has 1 saturated heterocycles. The van der Waals surface area contributed by atoms with Gasteiger partial charge in [-0.1, -0.05) is 0 Å². The number of hydrogen-bond acceptors (Lipinski definition) is 3. The maximum atomic E-state index is 12.3. The van der Waals surface area contributed by atoms with Gasteiger partial charge in [-0.2, -0.15) is 0 Å². The van der Waals surface area contributed by atoms with Crippen LogP contribution in [-0.4, -0.2) is 49.3 Å². The van der Waals surface area contributed by atoms with Crippen molar-refractivity contribution in [3.05, 3.63) is 24.3 Å². The molecule has 0 radical (unpaired) electrons. The first-order valence-corrected chi connectivity index (χ1v) is 6.42. The van der Waals surface area contributed by atoms with Crippen LogP contribution in [0.5, 0.6) is 5.75 Å². The lowest BCUT2D eigenvalue weighted by molar-refractivity contribution is -0.141. The Labute approximate surface area is 117 Å². The van der Waals surface area contributed by atoms with Crippen molar-refractivity contribution < 1.29 is 19.4 Å². The summed E-state index contributed by atoms with van der Waals surface area (Å²) in [5.41, 5.74) is 0.745. The molecule has 0 saturated carbocycles. The number of aliphatic carboxylic acids is 1. The molecule has 0 aromatic heterocycles. The summed E-state index contributed by atoms with van der Waals surface area (Å²) in [6, 6.07) is 6.97. The van der Waals surface area contributed by atoms with E-state index in [1.54, 1.807) is 43.3 Å². The number of carbonyl (C=O) groups excluding carboxylic acids is 1. The maximum Gasteiger partial charge on any atom is 0.324 e. The highest BCUT2D eigenvalue weighted by atomic mass is 16.5. The van der Waals surface area contributed by atoms with E-state index < -0.39 is 11.9 Å². The van der Waals surface area contributed by atoms with Crippen LogP contribution in [0.3, 0.4) is 0 Å². The number of carboxylic acids is 1. The second-order valence-corrected chi connectivity index (χ2v) is 4.81. The van der Waals surface area contributed by atoms with Crippen LogP contribution in [-0.2, 0) is 4.79 Å². The van der Waals surface area contributed by atoms with Gasteiger partial charge in [0.05, 0.1) is 13.0 Å². The third kappa shape index (κ3) is 2.84. The molecule has 2 amide bonds. The van der Waals surface area contributed by atoms with Crippen molar-refractivity contribution in [1.29, 1.82) is 0 Å². The number of anilines is 1. The van der Waals surface area contributed by atoms with Crippen molar-refractivity contribution >= 4 is 17.7 Å². The zero-order valence-electron chi connectivity index (χ0n) is 11.6. The molecule has 1 aliphatic rings. The Morgan fingerprint density at radius 3 is 2.50 bits per heavy atom. The Bertz CT molecular complexity index is 500. The molecule has 1 aromatic rings. The van der Waals surface area contributed by atoms with Gasteiger partial charge < -0.3 is 14.7 Å². The number of methoxy groups -OCH3 is 1. The Morgan fingerprint density at radius 1 is 1.35 bits per heavy atom. The number of rotatable bonds is 3. The average Bonchev–Trinajstić information content (AvgIpc) is 2.96. The van der Waals surface area contributed by atoms with Gasteiger partial charge in [0.1, 0.15) is 5.75 Å². The Kier molecular flexibility index (Phi) is 4.12. The number of carbonyl (C=O) groups is 2. The normalized spacial score (nSPS) is 17.9. The highest BCUT2D eigenvalue weighted by molar-refractivity contribution is 5.92. The molecule has 6 heteroatoms. The number of urea groups is 1. The molecular weight excluding hydrogens is 260 g/mol. The average molecular weight is 278 g/mol. The van der Waals surface area contributed by atoms with Crippen molar-refractivity contribution in [3.63, 3.8) is 0 Å². The highest BCUT2D eigenvalue weighted by Gasteiger charge is 2.32. The van der Waals surface area contributed by atoms with Crippen molar-refractivity contribution in [1.82, 2.24) is 4.90 Å². The smallest absolute Gasteiger partial charge is 0.324 e. The molecule has 6 nitrogen and oxygen atoms in total. The van der Waals surface area contributed by atoms with E-state index in [1.807, 2.05) is 0 Å². The van der Waals surface area contributed by atoms with Crippen molar-refractivity contribution in [3.8, 4) is 5.75 Å². The minimum atomic E-state index is -0.840. The quantitative estimate of drug-likeness (QED) is 0.912.